The van der Waals surface area contributed by atoms with Crippen molar-refractivity contribution < 1.29 is 9.47 Å². The quantitative estimate of drug-likeness (QED) is 0.591. The highest BCUT2D eigenvalue weighted by molar-refractivity contribution is 7.17. The van der Waals surface area contributed by atoms with E-state index in [0.29, 0.717) is 6.54 Å². The maximum absolute atomic E-state index is 5.48. The summed E-state index contributed by atoms with van der Waals surface area (Å²) in [7, 11) is 3.31. The smallest absolute Gasteiger partial charge is 0.218 e. The molecule has 9 heteroatoms. The topological polar surface area (TPSA) is 67.7 Å². The molecule has 3 heterocycles. The van der Waals surface area contributed by atoms with Crippen LogP contribution in [0.1, 0.15) is 12.6 Å². The molecule has 0 atom stereocenters. The summed E-state index contributed by atoms with van der Waals surface area (Å²) in [5.74, 6) is 1.51. The van der Waals surface area contributed by atoms with Crippen LogP contribution >= 0.6 is 11.3 Å². The van der Waals surface area contributed by atoms with Crippen molar-refractivity contribution in [1.82, 2.24) is 19.7 Å². The molecule has 3 aromatic rings. The highest BCUT2D eigenvalue weighted by atomic mass is 32.1. The van der Waals surface area contributed by atoms with Gasteiger partial charge in [0.25, 0.3) is 0 Å². The number of hydrogen-bond acceptors (Lipinski definition) is 8. The Morgan fingerprint density at radius 2 is 1.83 bits per heavy atom. The Morgan fingerprint density at radius 1 is 1.03 bits per heavy atom. The van der Waals surface area contributed by atoms with Crippen LogP contribution in [0, 0.1) is 0 Å². The van der Waals surface area contributed by atoms with E-state index in [1.165, 1.54) is 0 Å². The summed E-state index contributed by atoms with van der Waals surface area (Å²) >= 11 is 1.63. The molecule has 2 aromatic heterocycles. The number of anilines is 2. The lowest BCUT2D eigenvalue weighted by molar-refractivity contribution is 0.271. The summed E-state index contributed by atoms with van der Waals surface area (Å²) in [6.07, 6.45) is 2.03. The van der Waals surface area contributed by atoms with Gasteiger partial charge in [0.2, 0.25) is 10.3 Å². The van der Waals surface area contributed by atoms with Crippen molar-refractivity contribution in [1.29, 1.82) is 0 Å². The molecular formula is C21H28N6O2S. The monoisotopic (exact) mass is 428 g/mol. The lowest BCUT2D eigenvalue weighted by atomic mass is 10.2. The van der Waals surface area contributed by atoms with Crippen LogP contribution in [0.25, 0.3) is 5.13 Å². The van der Waals surface area contributed by atoms with Gasteiger partial charge in [-0.05, 0) is 30.8 Å². The van der Waals surface area contributed by atoms with E-state index in [2.05, 4.69) is 42.9 Å². The van der Waals surface area contributed by atoms with Crippen molar-refractivity contribution in [3.8, 4) is 16.6 Å². The minimum atomic E-state index is 0.639. The van der Waals surface area contributed by atoms with Gasteiger partial charge in [0, 0.05) is 44.1 Å². The van der Waals surface area contributed by atoms with Gasteiger partial charge < -0.3 is 24.6 Å². The molecule has 8 nitrogen and oxygen atoms in total. The number of piperazine rings is 1. The fourth-order valence-corrected chi connectivity index (χ4v) is 4.48. The summed E-state index contributed by atoms with van der Waals surface area (Å²) < 4.78 is 12.8. The zero-order valence-corrected chi connectivity index (χ0v) is 18.5. The Kier molecular flexibility index (Phi) is 6.39. The SMILES string of the molecule is CCN1CCN(c2nnc(-n3cccc3CNc3ccc(OC)cc3OC)s2)CC1. The third-order valence-electron chi connectivity index (χ3n) is 5.40. The maximum Gasteiger partial charge on any atom is 0.218 e. The minimum absolute atomic E-state index is 0.639. The van der Waals surface area contributed by atoms with Gasteiger partial charge in [0.05, 0.1) is 26.5 Å². The maximum atomic E-state index is 5.48. The Morgan fingerprint density at radius 3 is 2.57 bits per heavy atom. The van der Waals surface area contributed by atoms with Gasteiger partial charge in [0.1, 0.15) is 11.5 Å². The van der Waals surface area contributed by atoms with Gasteiger partial charge in [-0.2, -0.15) is 0 Å². The number of benzene rings is 1. The van der Waals surface area contributed by atoms with Crippen LogP contribution in [-0.4, -0.2) is 66.6 Å². The lowest BCUT2D eigenvalue weighted by Crippen LogP contribution is -2.46. The fraction of sp³-hybridized carbons (Fsp3) is 0.429. The van der Waals surface area contributed by atoms with Gasteiger partial charge in [-0.15, -0.1) is 10.2 Å². The third-order valence-corrected chi connectivity index (χ3v) is 6.38. The van der Waals surface area contributed by atoms with Crippen LogP contribution in [0.2, 0.25) is 0 Å². The van der Waals surface area contributed by atoms with Crippen LogP contribution < -0.4 is 19.7 Å². The zero-order chi connectivity index (χ0) is 20.9. The van der Waals surface area contributed by atoms with Crippen LogP contribution in [0.15, 0.2) is 36.5 Å². The number of aromatic nitrogens is 3. The average Bonchev–Trinajstić information content (AvgIpc) is 3.47. The molecule has 0 saturated carbocycles. The van der Waals surface area contributed by atoms with E-state index in [1.807, 2.05) is 30.5 Å². The van der Waals surface area contributed by atoms with Gasteiger partial charge in [0.15, 0.2) is 0 Å². The number of likely N-dealkylation sites (N-methyl/N-ethyl adjacent to an activating group) is 1. The summed E-state index contributed by atoms with van der Waals surface area (Å²) in [6.45, 7) is 8.11. The molecule has 0 aliphatic carbocycles. The second-order valence-corrected chi connectivity index (χ2v) is 8.01. The molecule has 4 rings (SSSR count). The van der Waals surface area contributed by atoms with Gasteiger partial charge in [-0.3, -0.25) is 4.57 Å². The molecule has 1 fully saturated rings. The number of nitrogens with one attached hydrogen (secondary N) is 1. The summed E-state index contributed by atoms with van der Waals surface area (Å²) in [5.41, 5.74) is 2.02. The zero-order valence-electron chi connectivity index (χ0n) is 17.7. The molecule has 160 valence electrons. The molecule has 1 aliphatic rings. The van der Waals surface area contributed by atoms with Gasteiger partial charge in [-0.25, -0.2) is 0 Å². The minimum Gasteiger partial charge on any atom is -0.497 e. The normalized spacial score (nSPS) is 14.7. The van der Waals surface area contributed by atoms with Crippen molar-refractivity contribution in [3.63, 3.8) is 0 Å². The van der Waals surface area contributed by atoms with Crippen molar-refractivity contribution in [3.05, 3.63) is 42.2 Å². The molecule has 0 radical (unpaired) electrons. The first kappa shape index (κ1) is 20.5. The summed E-state index contributed by atoms with van der Waals surface area (Å²) in [5, 5.41) is 14.2. The third kappa shape index (κ3) is 4.36. The summed E-state index contributed by atoms with van der Waals surface area (Å²) in [4.78, 5) is 4.79. The number of rotatable bonds is 8. The first-order valence-corrected chi connectivity index (χ1v) is 11.0. The lowest BCUT2D eigenvalue weighted by Gasteiger charge is -2.33. The molecule has 1 N–H and O–H groups in total. The first-order chi connectivity index (χ1) is 14.7. The number of methoxy groups -OCH3 is 2. The first-order valence-electron chi connectivity index (χ1n) is 10.1. The van der Waals surface area contributed by atoms with E-state index < -0.39 is 0 Å². The van der Waals surface area contributed by atoms with Crippen molar-refractivity contribution in [2.24, 2.45) is 0 Å². The Labute approximate surface area is 181 Å². The van der Waals surface area contributed by atoms with Gasteiger partial charge in [-0.1, -0.05) is 18.3 Å². The second-order valence-electron chi connectivity index (χ2n) is 7.08. The predicted octanol–water partition coefficient (Wildman–Crippen LogP) is 3.10. The molecule has 1 aromatic carbocycles. The van der Waals surface area contributed by atoms with Crippen LogP contribution in [0.5, 0.6) is 11.5 Å². The van der Waals surface area contributed by atoms with E-state index in [1.54, 1.807) is 25.6 Å². The molecule has 1 saturated heterocycles. The number of nitrogens with zero attached hydrogens (tertiary/aromatic N) is 5. The number of ether oxygens (including phenoxy) is 2. The molecule has 0 spiro atoms. The van der Waals surface area contributed by atoms with Crippen LogP contribution in [0.3, 0.4) is 0 Å². The standard InChI is InChI=1S/C21H28N6O2S/c1-4-25-10-12-26(13-11-25)20-23-24-21(30-20)27-9-5-6-16(27)15-22-18-8-7-17(28-2)14-19(18)29-3/h5-9,14,22H,4,10-13,15H2,1-3H3. The molecular weight excluding hydrogens is 400 g/mol. The summed E-state index contributed by atoms with van der Waals surface area (Å²) in [6, 6.07) is 9.87. The Balaban J connectivity index is 1.45. The van der Waals surface area contributed by atoms with E-state index in [9.17, 15) is 0 Å². The van der Waals surface area contributed by atoms with Crippen molar-refractivity contribution in [2.45, 2.75) is 13.5 Å². The predicted molar refractivity (Wildman–Crippen MR) is 120 cm³/mol. The molecule has 0 bridgehead atoms. The average molecular weight is 429 g/mol. The molecule has 0 unspecified atom stereocenters. The molecule has 1 aliphatic heterocycles. The van der Waals surface area contributed by atoms with Crippen LogP contribution in [0.4, 0.5) is 10.8 Å². The van der Waals surface area contributed by atoms with E-state index in [4.69, 9.17) is 9.47 Å². The largest absolute Gasteiger partial charge is 0.497 e. The van der Waals surface area contributed by atoms with Crippen LogP contribution in [-0.2, 0) is 6.54 Å². The second kappa shape index (κ2) is 9.36. The highest BCUT2D eigenvalue weighted by Gasteiger charge is 2.20. The van der Waals surface area contributed by atoms with E-state index in [-0.39, 0.29) is 0 Å². The van der Waals surface area contributed by atoms with Crippen molar-refractivity contribution >= 4 is 22.2 Å². The fourth-order valence-electron chi connectivity index (χ4n) is 3.57. The Hall–Kier alpha value is -2.78. The molecule has 30 heavy (non-hydrogen) atoms. The Bertz CT molecular complexity index is 964. The molecule has 0 amide bonds. The highest BCUT2D eigenvalue weighted by Crippen LogP contribution is 2.30. The van der Waals surface area contributed by atoms with E-state index >= 15 is 0 Å². The van der Waals surface area contributed by atoms with Gasteiger partial charge >= 0.3 is 0 Å². The van der Waals surface area contributed by atoms with E-state index in [0.717, 1.165) is 65.9 Å². The number of hydrogen-bond donors (Lipinski definition) is 1. The van der Waals surface area contributed by atoms with Crippen molar-refractivity contribution in [2.75, 3.05) is 57.2 Å².